The largest absolute Gasteiger partial charge is 0.396 e. The van der Waals surface area contributed by atoms with Gasteiger partial charge < -0.3 is 15.1 Å². The summed E-state index contributed by atoms with van der Waals surface area (Å²) in [6.07, 6.45) is 0. The van der Waals surface area contributed by atoms with E-state index in [-0.39, 0.29) is 25.0 Å². The van der Waals surface area contributed by atoms with Gasteiger partial charge in [0.05, 0.1) is 0 Å². The lowest BCUT2D eigenvalue weighted by Crippen LogP contribution is -2.19. The molecular formula is C7H15NO2. The molecule has 1 rings (SSSR count). The van der Waals surface area contributed by atoms with Crippen molar-refractivity contribution in [1.29, 1.82) is 0 Å². The Morgan fingerprint density at radius 2 is 1.60 bits per heavy atom. The zero-order valence-electron chi connectivity index (χ0n) is 6.32. The van der Waals surface area contributed by atoms with E-state index in [0.717, 1.165) is 13.1 Å². The van der Waals surface area contributed by atoms with Crippen LogP contribution >= 0.6 is 0 Å². The highest BCUT2D eigenvalue weighted by Crippen LogP contribution is 2.20. The van der Waals surface area contributed by atoms with Crippen LogP contribution in [0, 0.1) is 11.8 Å². The average molecular weight is 145 g/mol. The van der Waals surface area contributed by atoms with E-state index in [4.69, 9.17) is 10.2 Å². The summed E-state index contributed by atoms with van der Waals surface area (Å²) in [5.41, 5.74) is 0. The highest BCUT2D eigenvalue weighted by molar-refractivity contribution is 4.80. The first-order valence-electron chi connectivity index (χ1n) is 3.68. The van der Waals surface area contributed by atoms with Gasteiger partial charge in [0.15, 0.2) is 0 Å². The van der Waals surface area contributed by atoms with Crippen LogP contribution in [0.4, 0.5) is 0 Å². The monoisotopic (exact) mass is 145 g/mol. The van der Waals surface area contributed by atoms with E-state index >= 15 is 0 Å². The minimum absolute atomic E-state index is 0.204. The third kappa shape index (κ3) is 1.48. The van der Waals surface area contributed by atoms with Gasteiger partial charge in [0.2, 0.25) is 0 Å². The van der Waals surface area contributed by atoms with Crippen molar-refractivity contribution in [2.45, 2.75) is 0 Å². The predicted octanol–water partition coefficient (Wildman–Crippen LogP) is -0.851. The van der Waals surface area contributed by atoms with E-state index in [0.29, 0.717) is 0 Å². The first-order chi connectivity index (χ1) is 4.77. The molecule has 0 radical (unpaired) electrons. The Bertz CT molecular complexity index is 95.8. The lowest BCUT2D eigenvalue weighted by atomic mass is 9.98. The number of hydrogen-bond acceptors (Lipinski definition) is 3. The van der Waals surface area contributed by atoms with E-state index in [1.54, 1.807) is 0 Å². The number of rotatable bonds is 2. The van der Waals surface area contributed by atoms with Crippen molar-refractivity contribution >= 4 is 0 Å². The third-order valence-corrected chi connectivity index (χ3v) is 2.23. The van der Waals surface area contributed by atoms with E-state index in [1.807, 2.05) is 7.05 Å². The summed E-state index contributed by atoms with van der Waals surface area (Å²) in [7, 11) is 2.01. The Morgan fingerprint density at radius 1 is 1.20 bits per heavy atom. The molecule has 3 nitrogen and oxygen atoms in total. The molecule has 2 unspecified atom stereocenters. The van der Waals surface area contributed by atoms with Crippen molar-refractivity contribution in [2.24, 2.45) is 11.8 Å². The Hall–Kier alpha value is -0.120. The highest BCUT2D eigenvalue weighted by atomic mass is 16.3. The zero-order chi connectivity index (χ0) is 7.56. The van der Waals surface area contributed by atoms with Gasteiger partial charge in [-0.05, 0) is 7.05 Å². The molecule has 1 heterocycles. The summed E-state index contributed by atoms with van der Waals surface area (Å²) >= 11 is 0. The van der Waals surface area contributed by atoms with Crippen molar-refractivity contribution in [2.75, 3.05) is 33.4 Å². The van der Waals surface area contributed by atoms with Crippen LogP contribution in [0.5, 0.6) is 0 Å². The second kappa shape index (κ2) is 3.32. The Balaban J connectivity index is 2.41. The molecule has 1 aliphatic rings. The molecule has 1 fully saturated rings. The summed E-state index contributed by atoms with van der Waals surface area (Å²) in [5, 5.41) is 17.7. The third-order valence-electron chi connectivity index (χ3n) is 2.23. The van der Waals surface area contributed by atoms with Gasteiger partial charge in [-0.15, -0.1) is 0 Å². The maximum atomic E-state index is 8.85. The number of nitrogens with zero attached hydrogens (tertiary/aromatic N) is 1. The van der Waals surface area contributed by atoms with Gasteiger partial charge in [0.25, 0.3) is 0 Å². The van der Waals surface area contributed by atoms with Crippen LogP contribution in [0.3, 0.4) is 0 Å². The van der Waals surface area contributed by atoms with Crippen LogP contribution in [-0.4, -0.2) is 48.5 Å². The molecule has 1 aliphatic heterocycles. The number of aliphatic hydroxyl groups is 2. The van der Waals surface area contributed by atoms with Gasteiger partial charge in [0, 0.05) is 38.1 Å². The van der Waals surface area contributed by atoms with Gasteiger partial charge in [0.1, 0.15) is 0 Å². The fourth-order valence-electron chi connectivity index (χ4n) is 1.59. The van der Waals surface area contributed by atoms with E-state index < -0.39 is 0 Å². The summed E-state index contributed by atoms with van der Waals surface area (Å²) in [6, 6.07) is 0. The lowest BCUT2D eigenvalue weighted by Gasteiger charge is -2.11. The molecule has 2 N–H and O–H groups in total. The molecule has 1 saturated heterocycles. The molecule has 0 aromatic rings. The van der Waals surface area contributed by atoms with Gasteiger partial charge in [-0.3, -0.25) is 0 Å². The summed E-state index contributed by atoms with van der Waals surface area (Å²) in [4.78, 5) is 2.14. The quantitative estimate of drug-likeness (QED) is 0.532. The molecule has 0 saturated carbocycles. The Kier molecular flexibility index (Phi) is 2.65. The molecule has 3 heteroatoms. The predicted molar refractivity (Wildman–Crippen MR) is 38.6 cm³/mol. The van der Waals surface area contributed by atoms with E-state index in [9.17, 15) is 0 Å². The van der Waals surface area contributed by atoms with E-state index in [1.165, 1.54) is 0 Å². The van der Waals surface area contributed by atoms with Gasteiger partial charge >= 0.3 is 0 Å². The van der Waals surface area contributed by atoms with Crippen LogP contribution < -0.4 is 0 Å². The number of aliphatic hydroxyl groups excluding tert-OH is 2. The Labute approximate surface area is 61.3 Å². The van der Waals surface area contributed by atoms with E-state index in [2.05, 4.69) is 4.90 Å². The molecule has 0 bridgehead atoms. The number of likely N-dealkylation sites (tertiary alicyclic amines) is 1. The second-order valence-corrected chi connectivity index (χ2v) is 3.11. The maximum absolute atomic E-state index is 8.85. The van der Waals surface area contributed by atoms with Crippen molar-refractivity contribution in [3.05, 3.63) is 0 Å². The topological polar surface area (TPSA) is 43.7 Å². The normalized spacial score (nSPS) is 35.1. The van der Waals surface area contributed by atoms with Crippen molar-refractivity contribution in [1.82, 2.24) is 4.90 Å². The molecule has 0 amide bonds. The first-order valence-corrected chi connectivity index (χ1v) is 3.68. The minimum Gasteiger partial charge on any atom is -0.396 e. The molecule has 60 valence electrons. The minimum atomic E-state index is 0.204. The molecular weight excluding hydrogens is 130 g/mol. The highest BCUT2D eigenvalue weighted by Gasteiger charge is 2.29. The summed E-state index contributed by atoms with van der Waals surface area (Å²) < 4.78 is 0. The van der Waals surface area contributed by atoms with Crippen molar-refractivity contribution in [3.8, 4) is 0 Å². The number of hydrogen-bond donors (Lipinski definition) is 2. The second-order valence-electron chi connectivity index (χ2n) is 3.11. The molecule has 10 heavy (non-hydrogen) atoms. The van der Waals surface area contributed by atoms with Gasteiger partial charge in [-0.25, -0.2) is 0 Å². The molecule has 0 aromatic carbocycles. The summed E-state index contributed by atoms with van der Waals surface area (Å²) in [5.74, 6) is 0.574. The SMILES string of the molecule is CN1CC(CO)C(CO)C1. The van der Waals surface area contributed by atoms with Crippen LogP contribution in [0.15, 0.2) is 0 Å². The molecule has 2 atom stereocenters. The Morgan fingerprint density at radius 3 is 1.90 bits per heavy atom. The zero-order valence-corrected chi connectivity index (χ0v) is 6.32. The van der Waals surface area contributed by atoms with Crippen LogP contribution in [0.1, 0.15) is 0 Å². The lowest BCUT2D eigenvalue weighted by molar-refractivity contribution is 0.152. The van der Waals surface area contributed by atoms with Crippen LogP contribution in [-0.2, 0) is 0 Å². The van der Waals surface area contributed by atoms with Crippen molar-refractivity contribution in [3.63, 3.8) is 0 Å². The van der Waals surface area contributed by atoms with Crippen molar-refractivity contribution < 1.29 is 10.2 Å². The van der Waals surface area contributed by atoms with Crippen LogP contribution in [0.2, 0.25) is 0 Å². The summed E-state index contributed by atoms with van der Waals surface area (Å²) in [6.45, 7) is 2.24. The first kappa shape index (κ1) is 7.98. The molecule has 0 spiro atoms. The fourth-order valence-corrected chi connectivity index (χ4v) is 1.59. The van der Waals surface area contributed by atoms with Crippen LogP contribution in [0.25, 0.3) is 0 Å². The molecule has 0 aliphatic carbocycles. The average Bonchev–Trinajstić information content (AvgIpc) is 2.30. The molecule has 0 aromatic heterocycles. The maximum Gasteiger partial charge on any atom is 0.0475 e. The fraction of sp³-hybridized carbons (Fsp3) is 1.00. The van der Waals surface area contributed by atoms with Gasteiger partial charge in [-0.1, -0.05) is 0 Å². The van der Waals surface area contributed by atoms with Gasteiger partial charge in [-0.2, -0.15) is 0 Å². The standard InChI is InChI=1S/C7H15NO2/c1-8-2-6(4-9)7(3-8)5-10/h6-7,9-10H,2-5H2,1H3. The smallest absolute Gasteiger partial charge is 0.0475 e.